The van der Waals surface area contributed by atoms with Crippen LogP contribution >= 0.6 is 0 Å². The van der Waals surface area contributed by atoms with E-state index in [-0.39, 0.29) is 16.7 Å². The molecule has 1 saturated carbocycles. The number of nitrogens with zero attached hydrogens (tertiary/aromatic N) is 4. The van der Waals surface area contributed by atoms with Gasteiger partial charge in [0.25, 0.3) is 0 Å². The normalized spacial score (nSPS) is 20.6. The van der Waals surface area contributed by atoms with E-state index in [4.69, 9.17) is 0 Å². The Morgan fingerprint density at radius 3 is 2.59 bits per heavy atom. The molecular formula is C20H17F3N4O2. The quantitative estimate of drug-likeness (QED) is 0.684. The van der Waals surface area contributed by atoms with Gasteiger partial charge in [-0.1, -0.05) is 0 Å². The van der Waals surface area contributed by atoms with Crippen LogP contribution in [0.15, 0.2) is 36.5 Å². The van der Waals surface area contributed by atoms with Crippen LogP contribution in [0.3, 0.4) is 0 Å². The molecule has 3 aromatic rings. The van der Waals surface area contributed by atoms with Crippen LogP contribution in [0, 0.1) is 5.41 Å². The van der Waals surface area contributed by atoms with Crippen LogP contribution in [-0.2, 0) is 6.18 Å². The number of phenolic OH excluding ortho intramolecular Hbond substituents is 1. The van der Waals surface area contributed by atoms with Crippen LogP contribution in [0.1, 0.15) is 18.4 Å². The molecule has 150 valence electrons. The Balaban J connectivity index is 1.61. The molecule has 1 saturated heterocycles. The maximum absolute atomic E-state index is 12.9. The Morgan fingerprint density at radius 2 is 1.93 bits per heavy atom. The second-order valence-corrected chi connectivity index (χ2v) is 7.76. The fourth-order valence-electron chi connectivity index (χ4n) is 4.06. The lowest BCUT2D eigenvalue weighted by molar-refractivity contribution is -0.137. The number of β-amino-alcohol motifs (C(OH)–C–C–N with tert-alkyl or cyclic N) is 1. The van der Waals surface area contributed by atoms with Crippen molar-refractivity contribution in [2.24, 2.45) is 5.41 Å². The SMILES string of the molecule is Oc1cc(C(F)(F)F)ccc1-c1nnc(N2C[C@@H](O)C3(CC3)C2)c2ncccc12. The number of hydrogen-bond donors (Lipinski definition) is 2. The van der Waals surface area contributed by atoms with Crippen molar-refractivity contribution in [3.05, 3.63) is 42.1 Å². The molecule has 1 aliphatic carbocycles. The number of aliphatic hydroxyl groups excluding tert-OH is 1. The molecule has 1 atom stereocenters. The molecule has 1 aromatic carbocycles. The molecule has 9 heteroatoms. The third-order valence-electron chi connectivity index (χ3n) is 5.90. The smallest absolute Gasteiger partial charge is 0.416 e. The molecule has 2 aliphatic rings. The monoisotopic (exact) mass is 402 g/mol. The highest BCUT2D eigenvalue weighted by molar-refractivity contribution is 5.98. The van der Waals surface area contributed by atoms with Crippen LogP contribution in [-0.4, -0.2) is 44.6 Å². The van der Waals surface area contributed by atoms with Gasteiger partial charge in [0.2, 0.25) is 0 Å². The third kappa shape index (κ3) is 2.88. The van der Waals surface area contributed by atoms with Crippen LogP contribution < -0.4 is 4.90 Å². The molecule has 1 aliphatic heterocycles. The van der Waals surface area contributed by atoms with Crippen molar-refractivity contribution < 1.29 is 23.4 Å². The number of aromatic nitrogens is 3. The van der Waals surface area contributed by atoms with Gasteiger partial charge in [0.1, 0.15) is 17.0 Å². The average Bonchev–Trinajstić information content (AvgIpc) is 3.39. The summed E-state index contributed by atoms with van der Waals surface area (Å²) in [5, 5.41) is 29.6. The lowest BCUT2D eigenvalue weighted by Gasteiger charge is -2.19. The summed E-state index contributed by atoms with van der Waals surface area (Å²) in [5.74, 6) is -0.000803. The van der Waals surface area contributed by atoms with Crippen molar-refractivity contribution in [1.82, 2.24) is 15.2 Å². The summed E-state index contributed by atoms with van der Waals surface area (Å²) in [5.41, 5.74) is -0.0833. The summed E-state index contributed by atoms with van der Waals surface area (Å²) < 4.78 is 38.7. The van der Waals surface area contributed by atoms with E-state index in [0.29, 0.717) is 35.9 Å². The minimum absolute atomic E-state index is 0.0762. The molecule has 3 heterocycles. The van der Waals surface area contributed by atoms with E-state index >= 15 is 0 Å². The molecule has 1 spiro atoms. The lowest BCUT2D eigenvalue weighted by atomic mass is 10.0. The Labute approximate surface area is 163 Å². The van der Waals surface area contributed by atoms with E-state index < -0.39 is 23.6 Å². The minimum atomic E-state index is -4.55. The highest BCUT2D eigenvalue weighted by Crippen LogP contribution is 2.53. The molecule has 0 radical (unpaired) electrons. The summed E-state index contributed by atoms with van der Waals surface area (Å²) >= 11 is 0. The Morgan fingerprint density at radius 1 is 1.14 bits per heavy atom. The fourth-order valence-corrected chi connectivity index (χ4v) is 4.06. The van der Waals surface area contributed by atoms with E-state index in [0.717, 1.165) is 18.9 Å². The van der Waals surface area contributed by atoms with E-state index in [1.54, 1.807) is 18.3 Å². The lowest BCUT2D eigenvalue weighted by Crippen LogP contribution is -2.23. The zero-order chi connectivity index (χ0) is 20.4. The van der Waals surface area contributed by atoms with Gasteiger partial charge >= 0.3 is 6.18 Å². The first kappa shape index (κ1) is 18.1. The molecule has 2 N–H and O–H groups in total. The third-order valence-corrected chi connectivity index (χ3v) is 5.90. The number of hydrogen-bond acceptors (Lipinski definition) is 6. The molecule has 5 rings (SSSR count). The number of phenols is 1. The summed E-state index contributed by atoms with van der Waals surface area (Å²) in [6.07, 6.45) is -1.43. The number of aromatic hydroxyl groups is 1. The zero-order valence-corrected chi connectivity index (χ0v) is 15.2. The van der Waals surface area contributed by atoms with Crippen molar-refractivity contribution in [2.45, 2.75) is 25.1 Å². The number of anilines is 1. The molecule has 0 unspecified atom stereocenters. The summed E-state index contributed by atoms with van der Waals surface area (Å²) in [4.78, 5) is 6.36. The van der Waals surface area contributed by atoms with Gasteiger partial charge in [-0.3, -0.25) is 4.98 Å². The van der Waals surface area contributed by atoms with Gasteiger partial charge in [-0.15, -0.1) is 10.2 Å². The summed E-state index contributed by atoms with van der Waals surface area (Å²) in [6, 6.07) is 6.21. The van der Waals surface area contributed by atoms with Crippen molar-refractivity contribution in [2.75, 3.05) is 18.0 Å². The zero-order valence-electron chi connectivity index (χ0n) is 15.2. The molecule has 29 heavy (non-hydrogen) atoms. The van der Waals surface area contributed by atoms with Crippen molar-refractivity contribution in [1.29, 1.82) is 0 Å². The number of benzene rings is 1. The molecule has 6 nitrogen and oxygen atoms in total. The van der Waals surface area contributed by atoms with Crippen molar-refractivity contribution in [3.63, 3.8) is 0 Å². The Hall–Kier alpha value is -2.94. The van der Waals surface area contributed by atoms with Gasteiger partial charge in [0.15, 0.2) is 5.82 Å². The van der Waals surface area contributed by atoms with Crippen molar-refractivity contribution >= 4 is 16.7 Å². The fraction of sp³-hybridized carbons (Fsp3) is 0.350. The molecule has 0 bridgehead atoms. The standard InChI is InChI=1S/C20H17F3N4O2/c21-20(22,23)11-3-4-12(14(28)8-11)16-13-2-1-7-24-17(13)18(26-25-16)27-9-15(29)19(10-27)5-6-19/h1-4,7-8,15,28-29H,5-6,9-10H2/t15-/m1/s1. The molecule has 2 fully saturated rings. The first-order valence-electron chi connectivity index (χ1n) is 9.23. The predicted octanol–water partition coefficient (Wildman–Crippen LogP) is 3.38. The van der Waals surface area contributed by atoms with Gasteiger partial charge in [-0.25, -0.2) is 0 Å². The number of aliphatic hydroxyl groups is 1. The minimum Gasteiger partial charge on any atom is -0.507 e. The van der Waals surface area contributed by atoms with Crippen molar-refractivity contribution in [3.8, 4) is 17.0 Å². The Bertz CT molecular complexity index is 1110. The van der Waals surface area contributed by atoms with Gasteiger partial charge in [0, 0.05) is 35.7 Å². The maximum atomic E-state index is 12.9. The van der Waals surface area contributed by atoms with Crippen LogP contribution in [0.2, 0.25) is 0 Å². The summed E-state index contributed by atoms with van der Waals surface area (Å²) in [6.45, 7) is 1.10. The van der Waals surface area contributed by atoms with Gasteiger partial charge in [-0.2, -0.15) is 13.2 Å². The first-order valence-corrected chi connectivity index (χ1v) is 9.23. The van der Waals surface area contributed by atoms with Gasteiger partial charge in [-0.05, 0) is 43.2 Å². The first-order chi connectivity index (χ1) is 13.8. The van der Waals surface area contributed by atoms with Gasteiger partial charge < -0.3 is 15.1 Å². The van der Waals surface area contributed by atoms with E-state index in [9.17, 15) is 23.4 Å². The largest absolute Gasteiger partial charge is 0.507 e. The molecule has 0 amide bonds. The predicted molar refractivity (Wildman–Crippen MR) is 99.3 cm³/mol. The molecule has 2 aromatic heterocycles. The van der Waals surface area contributed by atoms with Gasteiger partial charge in [0.05, 0.1) is 11.7 Å². The number of fused-ring (bicyclic) bond motifs is 1. The second-order valence-electron chi connectivity index (χ2n) is 7.76. The number of rotatable bonds is 2. The van der Waals surface area contributed by atoms with E-state index in [1.165, 1.54) is 6.07 Å². The van der Waals surface area contributed by atoms with E-state index in [1.807, 2.05) is 4.90 Å². The van der Waals surface area contributed by atoms with Crippen LogP contribution in [0.25, 0.3) is 22.2 Å². The molecular weight excluding hydrogens is 385 g/mol. The topological polar surface area (TPSA) is 82.4 Å². The summed E-state index contributed by atoms with van der Waals surface area (Å²) in [7, 11) is 0. The second kappa shape index (κ2) is 6.03. The van der Waals surface area contributed by atoms with Crippen LogP contribution in [0.5, 0.6) is 5.75 Å². The maximum Gasteiger partial charge on any atom is 0.416 e. The Kier molecular flexibility index (Phi) is 3.76. The van der Waals surface area contributed by atoms with Crippen LogP contribution in [0.4, 0.5) is 19.0 Å². The van der Waals surface area contributed by atoms with E-state index in [2.05, 4.69) is 15.2 Å². The number of pyridine rings is 1. The average molecular weight is 402 g/mol. The number of alkyl halides is 3. The number of halogens is 3. The highest BCUT2D eigenvalue weighted by Gasteiger charge is 2.55. The highest BCUT2D eigenvalue weighted by atomic mass is 19.4.